The van der Waals surface area contributed by atoms with Crippen molar-refractivity contribution in [3.63, 3.8) is 0 Å². The van der Waals surface area contributed by atoms with Crippen molar-refractivity contribution in [2.75, 3.05) is 6.54 Å². The van der Waals surface area contributed by atoms with Crippen LogP contribution < -0.4 is 10.6 Å². The molecule has 0 aliphatic rings. The maximum absolute atomic E-state index is 12.2. The Balaban J connectivity index is 1.50. The van der Waals surface area contributed by atoms with Crippen LogP contribution in [0.25, 0.3) is 11.0 Å². The maximum atomic E-state index is 12.2. The fraction of sp³-hybridized carbons (Fsp3) is 0.286. The van der Waals surface area contributed by atoms with Crippen molar-refractivity contribution >= 4 is 22.8 Å². The van der Waals surface area contributed by atoms with E-state index in [0.717, 1.165) is 29.0 Å². The molecule has 0 aliphatic heterocycles. The molecule has 140 valence electrons. The number of carbonyl (C=O) groups excluding carboxylic acids is 2. The summed E-state index contributed by atoms with van der Waals surface area (Å²) < 4.78 is 2.09. The number of hydrogen-bond acceptors (Lipinski definition) is 3. The quantitative estimate of drug-likeness (QED) is 0.677. The minimum atomic E-state index is -0.159. The molecule has 2 amide bonds. The Bertz CT molecular complexity index is 962. The Hall–Kier alpha value is -3.15. The Kier molecular flexibility index (Phi) is 5.86. The van der Waals surface area contributed by atoms with Crippen LogP contribution in [0.2, 0.25) is 0 Å². The van der Waals surface area contributed by atoms with E-state index in [1.54, 1.807) is 6.07 Å². The van der Waals surface area contributed by atoms with Crippen molar-refractivity contribution in [1.82, 2.24) is 20.2 Å². The molecule has 0 aliphatic carbocycles. The van der Waals surface area contributed by atoms with Gasteiger partial charge in [0.05, 0.1) is 17.6 Å². The Morgan fingerprint density at radius 2 is 1.78 bits per heavy atom. The highest BCUT2D eigenvalue weighted by Crippen LogP contribution is 2.15. The fourth-order valence-electron chi connectivity index (χ4n) is 3.09. The molecule has 1 aromatic heterocycles. The Morgan fingerprint density at radius 3 is 2.56 bits per heavy atom. The van der Waals surface area contributed by atoms with Gasteiger partial charge in [-0.2, -0.15) is 0 Å². The van der Waals surface area contributed by atoms with Crippen LogP contribution in [0.4, 0.5) is 0 Å². The lowest BCUT2D eigenvalue weighted by Crippen LogP contribution is -2.31. The largest absolute Gasteiger partial charge is 0.352 e. The van der Waals surface area contributed by atoms with E-state index in [9.17, 15) is 9.59 Å². The standard InChI is InChI=1S/C21H24N4O2/c1-3-25-18-11-7-6-10-17(18)24-19(25)14-23-20(26)12-13-22-21(27)16-9-5-4-8-15(16)2/h4-11H,3,12-14H2,1-2H3,(H,22,27)(H,23,26). The molecule has 6 nitrogen and oxygen atoms in total. The number of nitrogens with zero attached hydrogens (tertiary/aromatic N) is 2. The van der Waals surface area contributed by atoms with Gasteiger partial charge in [0, 0.05) is 25.1 Å². The van der Waals surface area contributed by atoms with Gasteiger partial charge in [0.25, 0.3) is 5.91 Å². The van der Waals surface area contributed by atoms with Gasteiger partial charge in [-0.15, -0.1) is 0 Å². The maximum Gasteiger partial charge on any atom is 0.251 e. The minimum Gasteiger partial charge on any atom is -0.352 e. The number of rotatable bonds is 7. The van der Waals surface area contributed by atoms with Crippen LogP contribution in [-0.4, -0.2) is 27.9 Å². The molecule has 2 aromatic carbocycles. The summed E-state index contributed by atoms with van der Waals surface area (Å²) in [4.78, 5) is 28.9. The van der Waals surface area contributed by atoms with E-state index in [-0.39, 0.29) is 18.2 Å². The van der Waals surface area contributed by atoms with Crippen molar-refractivity contribution in [2.24, 2.45) is 0 Å². The van der Waals surface area contributed by atoms with E-state index in [1.807, 2.05) is 49.4 Å². The first-order chi connectivity index (χ1) is 13.1. The predicted octanol–water partition coefficient (Wildman–Crippen LogP) is 2.80. The van der Waals surface area contributed by atoms with Crippen molar-refractivity contribution in [2.45, 2.75) is 33.4 Å². The SMILES string of the molecule is CCn1c(CNC(=O)CCNC(=O)c2ccccc2C)nc2ccccc21. The molecule has 0 fully saturated rings. The summed E-state index contributed by atoms with van der Waals surface area (Å²) >= 11 is 0. The van der Waals surface area contributed by atoms with E-state index in [1.165, 1.54) is 0 Å². The highest BCUT2D eigenvalue weighted by molar-refractivity contribution is 5.95. The summed E-state index contributed by atoms with van der Waals surface area (Å²) in [6, 6.07) is 15.3. The highest BCUT2D eigenvalue weighted by atomic mass is 16.2. The minimum absolute atomic E-state index is 0.116. The zero-order valence-electron chi connectivity index (χ0n) is 15.7. The van der Waals surface area contributed by atoms with Gasteiger partial charge in [-0.1, -0.05) is 30.3 Å². The number of fused-ring (bicyclic) bond motifs is 1. The van der Waals surface area contributed by atoms with E-state index >= 15 is 0 Å². The second-order valence-electron chi connectivity index (χ2n) is 6.36. The summed E-state index contributed by atoms with van der Waals surface area (Å²) in [5.41, 5.74) is 3.54. The number of imidazole rings is 1. The van der Waals surface area contributed by atoms with Gasteiger partial charge in [0.15, 0.2) is 0 Å². The number of aryl methyl sites for hydroxylation is 2. The van der Waals surface area contributed by atoms with Gasteiger partial charge in [-0.25, -0.2) is 4.98 Å². The number of hydrogen-bond donors (Lipinski definition) is 2. The molecule has 0 radical (unpaired) electrons. The molecular formula is C21H24N4O2. The number of benzene rings is 2. The number of nitrogens with one attached hydrogen (secondary N) is 2. The molecule has 0 spiro atoms. The lowest BCUT2D eigenvalue weighted by Gasteiger charge is -2.09. The molecule has 0 bridgehead atoms. The summed E-state index contributed by atoms with van der Waals surface area (Å²) in [6.07, 6.45) is 0.226. The van der Waals surface area contributed by atoms with Gasteiger partial charge >= 0.3 is 0 Å². The van der Waals surface area contributed by atoms with Crippen LogP contribution >= 0.6 is 0 Å². The van der Waals surface area contributed by atoms with E-state index in [0.29, 0.717) is 18.7 Å². The summed E-state index contributed by atoms with van der Waals surface area (Å²) in [5.74, 6) is 0.555. The molecule has 0 saturated carbocycles. The number of carbonyl (C=O) groups is 2. The molecule has 0 unspecified atom stereocenters. The van der Waals surface area contributed by atoms with Crippen molar-refractivity contribution < 1.29 is 9.59 Å². The van der Waals surface area contributed by atoms with Crippen LogP contribution in [0.1, 0.15) is 35.1 Å². The number of aromatic nitrogens is 2. The first kappa shape index (κ1) is 18.6. The smallest absolute Gasteiger partial charge is 0.251 e. The molecule has 3 rings (SSSR count). The molecule has 27 heavy (non-hydrogen) atoms. The lowest BCUT2D eigenvalue weighted by atomic mass is 10.1. The van der Waals surface area contributed by atoms with Crippen LogP contribution in [0.5, 0.6) is 0 Å². The van der Waals surface area contributed by atoms with Crippen molar-refractivity contribution in [1.29, 1.82) is 0 Å². The molecule has 6 heteroatoms. The molecule has 2 N–H and O–H groups in total. The van der Waals surface area contributed by atoms with Crippen LogP contribution in [0.15, 0.2) is 48.5 Å². The highest BCUT2D eigenvalue weighted by Gasteiger charge is 2.11. The third-order valence-corrected chi connectivity index (χ3v) is 4.52. The molecular weight excluding hydrogens is 340 g/mol. The zero-order chi connectivity index (χ0) is 19.2. The van der Waals surface area contributed by atoms with Crippen LogP contribution in [-0.2, 0) is 17.9 Å². The summed E-state index contributed by atoms with van der Waals surface area (Å²) in [7, 11) is 0. The normalized spacial score (nSPS) is 10.7. The van der Waals surface area contributed by atoms with Gasteiger partial charge in [-0.05, 0) is 37.6 Å². The Labute approximate surface area is 158 Å². The second kappa shape index (κ2) is 8.49. The topological polar surface area (TPSA) is 76.0 Å². The number of amides is 2. The molecule has 3 aromatic rings. The molecule has 0 atom stereocenters. The van der Waals surface area contributed by atoms with Gasteiger partial charge in [0.2, 0.25) is 5.91 Å². The third kappa shape index (κ3) is 4.34. The molecule has 0 saturated heterocycles. The first-order valence-corrected chi connectivity index (χ1v) is 9.14. The van der Waals surface area contributed by atoms with E-state index < -0.39 is 0 Å². The van der Waals surface area contributed by atoms with Crippen LogP contribution in [0.3, 0.4) is 0 Å². The number of para-hydroxylation sites is 2. The van der Waals surface area contributed by atoms with Crippen molar-refractivity contribution in [3.05, 3.63) is 65.5 Å². The zero-order valence-corrected chi connectivity index (χ0v) is 15.7. The molecule has 1 heterocycles. The first-order valence-electron chi connectivity index (χ1n) is 9.14. The second-order valence-corrected chi connectivity index (χ2v) is 6.36. The van der Waals surface area contributed by atoms with Gasteiger partial charge < -0.3 is 15.2 Å². The fourth-order valence-corrected chi connectivity index (χ4v) is 3.09. The van der Waals surface area contributed by atoms with Crippen LogP contribution in [0, 0.1) is 6.92 Å². The summed E-state index contributed by atoms with van der Waals surface area (Å²) in [6.45, 7) is 5.40. The van der Waals surface area contributed by atoms with E-state index in [4.69, 9.17) is 0 Å². The average Bonchev–Trinajstić information content (AvgIpc) is 3.04. The third-order valence-electron chi connectivity index (χ3n) is 4.52. The van der Waals surface area contributed by atoms with Crippen molar-refractivity contribution in [3.8, 4) is 0 Å². The van der Waals surface area contributed by atoms with E-state index in [2.05, 4.69) is 27.1 Å². The van der Waals surface area contributed by atoms with Gasteiger partial charge in [0.1, 0.15) is 5.82 Å². The Morgan fingerprint density at radius 1 is 1.04 bits per heavy atom. The predicted molar refractivity (Wildman–Crippen MR) is 105 cm³/mol. The average molecular weight is 364 g/mol. The van der Waals surface area contributed by atoms with Gasteiger partial charge in [-0.3, -0.25) is 9.59 Å². The lowest BCUT2D eigenvalue weighted by molar-refractivity contribution is -0.121. The summed E-state index contributed by atoms with van der Waals surface area (Å²) in [5, 5.41) is 5.68. The monoisotopic (exact) mass is 364 g/mol.